The van der Waals surface area contributed by atoms with E-state index in [1.165, 1.54) is 27.8 Å². The van der Waals surface area contributed by atoms with E-state index in [4.69, 9.17) is 0 Å². The van der Waals surface area contributed by atoms with E-state index in [1.54, 1.807) is 0 Å². The van der Waals surface area contributed by atoms with Gasteiger partial charge in [-0.1, -0.05) is 273 Å². The van der Waals surface area contributed by atoms with Crippen LogP contribution in [0, 0.1) is 0 Å². The molecule has 374 valence electrons. The van der Waals surface area contributed by atoms with E-state index in [2.05, 4.69) is 206 Å². The topological polar surface area (TPSA) is 34.1 Å². The number of benzene rings is 10. The van der Waals surface area contributed by atoms with E-state index < -0.39 is 0 Å². The molecule has 0 spiro atoms. The predicted molar refractivity (Wildman–Crippen MR) is 324 cm³/mol. The van der Waals surface area contributed by atoms with E-state index in [1.807, 2.05) is 72.8 Å². The Labute approximate surface area is 458 Å². The van der Waals surface area contributed by atoms with Gasteiger partial charge in [-0.15, -0.1) is 0 Å². The molecule has 0 fully saturated rings. The summed E-state index contributed by atoms with van der Waals surface area (Å²) in [4.78, 5) is 31.7. The molecular weight excluding hydrogens is 945 g/mol. The minimum absolute atomic E-state index is 0.0127. The van der Waals surface area contributed by atoms with Gasteiger partial charge in [0.25, 0.3) is 0 Å². The average Bonchev–Trinajstić information content (AvgIpc) is 4.16. The molecule has 2 nitrogen and oxygen atoms in total. The minimum Gasteiger partial charge on any atom is -0.289 e. The molecule has 10 aromatic rings. The lowest BCUT2D eigenvalue weighted by Gasteiger charge is -2.19. The molecule has 0 unspecified atom stereocenters. The summed E-state index contributed by atoms with van der Waals surface area (Å²) < 4.78 is 0. The molecule has 0 saturated heterocycles. The summed E-state index contributed by atoms with van der Waals surface area (Å²) >= 11 is 0. The van der Waals surface area contributed by atoms with Gasteiger partial charge >= 0.3 is 0 Å². The molecule has 10 aromatic carbocycles. The van der Waals surface area contributed by atoms with E-state index in [0.29, 0.717) is 22.3 Å². The van der Waals surface area contributed by atoms with Crippen LogP contribution in [0.25, 0.3) is 44.6 Å². The zero-order valence-electron chi connectivity index (χ0n) is 43.6. The Bertz CT molecular complexity index is 3650. The monoisotopic (exact) mass is 1000 g/mol. The minimum atomic E-state index is -0.0127. The molecule has 12 rings (SSSR count). The summed E-state index contributed by atoms with van der Waals surface area (Å²) in [5, 5.41) is 0. The molecule has 0 N–H and O–H groups in total. The smallest absolute Gasteiger partial charge is 0.195 e. The lowest BCUT2D eigenvalue weighted by molar-refractivity contribution is -0.109. The lowest BCUT2D eigenvalue weighted by atomic mass is 9.83. The maximum absolute atomic E-state index is 15.8. The largest absolute Gasteiger partial charge is 0.289 e. The van der Waals surface area contributed by atoms with Crippen molar-refractivity contribution in [1.82, 2.24) is 0 Å². The van der Waals surface area contributed by atoms with Gasteiger partial charge < -0.3 is 0 Å². The SMILES string of the molecule is O=C1C(c2ccccc2)=C(c2ccc(CCc3ccccc3)cc2)C(c2cc(CCc3ccccc3)cc(C3=C(c4ccccc4)C(=O)C(c4ccccc4)=C3c3ccc(CCc4ccccc4)cc3)c2)=C1c1ccccc1. The fraction of sp³-hybridized carbons (Fsp3) is 0.0789. The highest BCUT2D eigenvalue weighted by Gasteiger charge is 2.38. The summed E-state index contributed by atoms with van der Waals surface area (Å²) in [5.74, 6) is -0.0253. The number of ketones is 2. The van der Waals surface area contributed by atoms with Crippen LogP contribution in [-0.4, -0.2) is 11.6 Å². The van der Waals surface area contributed by atoms with Gasteiger partial charge in [-0.25, -0.2) is 0 Å². The third kappa shape index (κ3) is 10.4. The van der Waals surface area contributed by atoms with Crippen LogP contribution in [0.4, 0.5) is 0 Å². The van der Waals surface area contributed by atoms with E-state index in [9.17, 15) is 0 Å². The second-order valence-electron chi connectivity index (χ2n) is 20.4. The molecule has 2 aliphatic rings. The van der Waals surface area contributed by atoms with Crippen LogP contribution in [0.5, 0.6) is 0 Å². The molecule has 78 heavy (non-hydrogen) atoms. The van der Waals surface area contributed by atoms with Gasteiger partial charge in [0, 0.05) is 44.6 Å². The summed E-state index contributed by atoms with van der Waals surface area (Å²) in [6, 6.07) is 97.2. The Kier molecular flexibility index (Phi) is 14.4. The quantitative estimate of drug-likeness (QED) is 0.0911. The maximum atomic E-state index is 15.8. The molecule has 0 amide bonds. The molecule has 0 heterocycles. The second kappa shape index (κ2) is 22.8. The van der Waals surface area contributed by atoms with Crippen molar-refractivity contribution in [2.75, 3.05) is 0 Å². The first-order chi connectivity index (χ1) is 38.5. The van der Waals surface area contributed by atoms with Crippen molar-refractivity contribution in [3.05, 3.63) is 357 Å². The Morgan fingerprint density at radius 3 is 0.641 bits per heavy atom. The zero-order chi connectivity index (χ0) is 52.6. The van der Waals surface area contributed by atoms with Gasteiger partial charge in [0.1, 0.15) is 0 Å². The standard InChI is InChI=1S/C76H58O2/c77-75-71(59-28-14-4-15-29-59)67(63-46-42-56(43-47-63)38-36-53-22-8-1-9-23-53)69(73(75)61-32-18-6-19-33-61)65-50-58(41-40-55-26-12-3-13-27-55)51-66(52-65)70-68(64-48-44-57(45-49-64)39-37-54-24-10-2-11-25-54)72(60-30-16-5-17-31-60)76(78)74(70)62-34-20-7-21-35-62/h1-35,42-52H,36-41H2. The van der Waals surface area contributed by atoms with Crippen LogP contribution in [0.15, 0.2) is 279 Å². The van der Waals surface area contributed by atoms with Crippen LogP contribution in [0.2, 0.25) is 0 Å². The fourth-order valence-electron chi connectivity index (χ4n) is 11.5. The van der Waals surface area contributed by atoms with Crippen molar-refractivity contribution >= 4 is 56.2 Å². The molecule has 0 aromatic heterocycles. The van der Waals surface area contributed by atoms with Crippen molar-refractivity contribution in [1.29, 1.82) is 0 Å². The normalized spacial score (nSPS) is 13.5. The highest BCUT2D eigenvalue weighted by atomic mass is 16.1. The zero-order valence-corrected chi connectivity index (χ0v) is 43.6. The van der Waals surface area contributed by atoms with Crippen molar-refractivity contribution < 1.29 is 9.59 Å². The van der Waals surface area contributed by atoms with Gasteiger partial charge in [0.15, 0.2) is 11.6 Å². The number of aryl methyl sites for hydroxylation is 6. The fourth-order valence-corrected chi connectivity index (χ4v) is 11.5. The summed E-state index contributed by atoms with van der Waals surface area (Å²) in [5.41, 5.74) is 20.9. The second-order valence-corrected chi connectivity index (χ2v) is 20.4. The third-order valence-electron chi connectivity index (χ3n) is 15.3. The van der Waals surface area contributed by atoms with Gasteiger partial charge in [-0.2, -0.15) is 0 Å². The number of carbonyl (C=O) groups excluding carboxylic acids is 2. The van der Waals surface area contributed by atoms with E-state index >= 15 is 9.59 Å². The molecule has 0 aliphatic heterocycles. The first-order valence-corrected chi connectivity index (χ1v) is 27.3. The van der Waals surface area contributed by atoms with Gasteiger partial charge in [-0.05, 0) is 122 Å². The first kappa shape index (κ1) is 49.4. The molecule has 0 atom stereocenters. The number of Topliss-reactive ketones (excluding diaryl/α,β-unsaturated/α-hetero) is 2. The first-order valence-electron chi connectivity index (χ1n) is 27.3. The predicted octanol–water partition coefficient (Wildman–Crippen LogP) is 17.3. The molecule has 2 heteroatoms. The summed E-state index contributed by atoms with van der Waals surface area (Å²) in [7, 11) is 0. The number of allylic oxidation sites excluding steroid dienone is 8. The lowest BCUT2D eigenvalue weighted by Crippen LogP contribution is -2.02. The highest BCUT2D eigenvalue weighted by molar-refractivity contribution is 6.60. The third-order valence-corrected chi connectivity index (χ3v) is 15.3. The van der Waals surface area contributed by atoms with Crippen molar-refractivity contribution in [3.63, 3.8) is 0 Å². The Hall–Kier alpha value is -9.50. The van der Waals surface area contributed by atoms with E-state index in [0.717, 1.165) is 111 Å². The van der Waals surface area contributed by atoms with Crippen LogP contribution < -0.4 is 0 Å². The van der Waals surface area contributed by atoms with Crippen LogP contribution in [0.1, 0.15) is 77.9 Å². The molecule has 0 radical (unpaired) electrons. The highest BCUT2D eigenvalue weighted by Crippen LogP contribution is 2.53. The van der Waals surface area contributed by atoms with Gasteiger partial charge in [-0.3, -0.25) is 9.59 Å². The number of carbonyl (C=O) groups is 2. The van der Waals surface area contributed by atoms with Crippen molar-refractivity contribution in [2.45, 2.75) is 38.5 Å². The van der Waals surface area contributed by atoms with Crippen molar-refractivity contribution in [3.8, 4) is 0 Å². The number of rotatable bonds is 17. The van der Waals surface area contributed by atoms with Crippen LogP contribution in [0.3, 0.4) is 0 Å². The Morgan fingerprint density at radius 1 is 0.167 bits per heavy atom. The maximum Gasteiger partial charge on any atom is 0.195 e. The number of hydrogen-bond donors (Lipinski definition) is 0. The Morgan fingerprint density at radius 2 is 0.372 bits per heavy atom. The molecule has 0 saturated carbocycles. The molecular formula is C76H58O2. The summed E-state index contributed by atoms with van der Waals surface area (Å²) in [6.45, 7) is 0. The Balaban J connectivity index is 1.09. The summed E-state index contributed by atoms with van der Waals surface area (Å²) in [6.07, 6.45) is 5.20. The average molecular weight is 1000 g/mol. The number of hydrogen-bond acceptors (Lipinski definition) is 2. The van der Waals surface area contributed by atoms with Gasteiger partial charge in [0.05, 0.1) is 0 Å². The van der Waals surface area contributed by atoms with E-state index in [-0.39, 0.29) is 11.6 Å². The van der Waals surface area contributed by atoms with Crippen LogP contribution in [-0.2, 0) is 48.1 Å². The van der Waals surface area contributed by atoms with Gasteiger partial charge in [0.2, 0.25) is 0 Å². The van der Waals surface area contributed by atoms with Crippen LogP contribution >= 0.6 is 0 Å². The van der Waals surface area contributed by atoms with Crippen molar-refractivity contribution in [2.24, 2.45) is 0 Å². The molecule has 2 aliphatic carbocycles. The molecule has 0 bridgehead atoms.